The molecule has 2 unspecified atom stereocenters. The van der Waals surface area contributed by atoms with Gasteiger partial charge in [-0.05, 0) is 41.3 Å². The molecule has 0 spiro atoms. The molecule has 2 aromatic rings. The highest BCUT2D eigenvalue weighted by Gasteiger charge is 2.37. The summed E-state index contributed by atoms with van der Waals surface area (Å²) in [4.78, 5) is 16.4. The van der Waals surface area contributed by atoms with Crippen molar-refractivity contribution in [3.8, 4) is 0 Å². The highest BCUT2D eigenvalue weighted by molar-refractivity contribution is 6.35. The number of carbonyl (C=O) groups is 1. The van der Waals surface area contributed by atoms with Crippen LogP contribution in [-0.4, -0.2) is 52.9 Å². The molecule has 1 fully saturated rings. The van der Waals surface area contributed by atoms with Crippen LogP contribution in [0, 0.1) is 0 Å². The van der Waals surface area contributed by atoms with Crippen LogP contribution in [0.3, 0.4) is 0 Å². The Hall–Kier alpha value is -1.82. The van der Waals surface area contributed by atoms with Gasteiger partial charge in [0.05, 0.1) is 6.04 Å². The number of nitrogens with two attached hydrogens (primary N) is 1. The van der Waals surface area contributed by atoms with E-state index in [1.165, 1.54) is 11.1 Å². The molecule has 2 N–H and O–H groups in total. The molecule has 1 aliphatic heterocycles. The fourth-order valence-electron chi connectivity index (χ4n) is 4.31. The Kier molecular flexibility index (Phi) is 7.28. The number of nitrogens with zero attached hydrogens (tertiary/aromatic N) is 2. The number of carbonyl (C=O) groups excluding carboxylic acids is 1. The first-order chi connectivity index (χ1) is 15.4. The van der Waals surface area contributed by atoms with E-state index in [0.717, 1.165) is 12.0 Å². The molecule has 2 aromatic carbocycles. The minimum absolute atomic E-state index is 0.0663. The molecule has 4 rings (SSSR count). The first-order valence-corrected chi connectivity index (χ1v) is 11.9. The Morgan fingerprint density at radius 2 is 1.78 bits per heavy atom. The van der Waals surface area contributed by atoms with E-state index in [1.807, 2.05) is 41.3 Å². The number of piperazine rings is 1. The Bertz CT molecular complexity index is 1030. The predicted molar refractivity (Wildman–Crippen MR) is 133 cm³/mol. The van der Waals surface area contributed by atoms with E-state index in [2.05, 4.69) is 23.1 Å². The molecule has 2 aliphatic rings. The highest BCUT2D eigenvalue weighted by Crippen LogP contribution is 2.37. The van der Waals surface area contributed by atoms with Crippen molar-refractivity contribution in [2.45, 2.75) is 23.9 Å². The first-order valence-electron chi connectivity index (χ1n) is 10.7. The molecular weight excluding hydrogens is 465 g/mol. The summed E-state index contributed by atoms with van der Waals surface area (Å²) in [5.41, 5.74) is 9.45. The quantitative estimate of drug-likeness (QED) is 0.475. The first kappa shape index (κ1) is 23.3. The summed E-state index contributed by atoms with van der Waals surface area (Å²) in [7, 11) is 0. The van der Waals surface area contributed by atoms with Crippen LogP contribution < -0.4 is 5.73 Å². The third-order valence-electron chi connectivity index (χ3n) is 6.12. The van der Waals surface area contributed by atoms with E-state index in [-0.39, 0.29) is 5.91 Å². The third kappa shape index (κ3) is 5.22. The van der Waals surface area contributed by atoms with Gasteiger partial charge in [0.25, 0.3) is 0 Å². The van der Waals surface area contributed by atoms with Crippen molar-refractivity contribution >= 4 is 46.3 Å². The molecule has 0 bridgehead atoms. The number of hydrogen-bond donors (Lipinski definition) is 1. The lowest BCUT2D eigenvalue weighted by atomic mass is 9.92. The van der Waals surface area contributed by atoms with E-state index >= 15 is 0 Å². The van der Waals surface area contributed by atoms with Gasteiger partial charge in [-0.3, -0.25) is 9.69 Å². The summed E-state index contributed by atoms with van der Waals surface area (Å²) in [6.07, 6.45) is 7.30. The number of allylic oxidation sites excluding steroid dienone is 2. The van der Waals surface area contributed by atoms with Gasteiger partial charge < -0.3 is 10.6 Å². The van der Waals surface area contributed by atoms with E-state index in [1.54, 1.807) is 12.1 Å². The minimum Gasteiger partial charge on any atom is -0.339 e. The smallest absolute Gasteiger partial charge is 0.239 e. The van der Waals surface area contributed by atoms with Crippen molar-refractivity contribution in [1.82, 2.24) is 9.80 Å². The monoisotopic (exact) mass is 489 g/mol. The van der Waals surface area contributed by atoms with Crippen LogP contribution in [0.2, 0.25) is 10.0 Å². The summed E-state index contributed by atoms with van der Waals surface area (Å²) in [6.45, 7) is 2.56. The van der Waals surface area contributed by atoms with Gasteiger partial charge in [-0.15, -0.1) is 0 Å². The topological polar surface area (TPSA) is 49.6 Å². The summed E-state index contributed by atoms with van der Waals surface area (Å²) in [5.74, 6) is -0.0663. The molecule has 7 heteroatoms. The Morgan fingerprint density at radius 1 is 1.06 bits per heavy atom. The number of hydrogen-bond acceptors (Lipinski definition) is 3. The van der Waals surface area contributed by atoms with Gasteiger partial charge in [-0.25, -0.2) is 0 Å². The molecule has 0 aromatic heterocycles. The fraction of sp³-hybridized carbons (Fsp3) is 0.320. The lowest BCUT2D eigenvalue weighted by Gasteiger charge is -2.44. The Labute approximate surface area is 204 Å². The zero-order valence-corrected chi connectivity index (χ0v) is 20.0. The van der Waals surface area contributed by atoms with Gasteiger partial charge in [-0.1, -0.05) is 83.4 Å². The summed E-state index contributed by atoms with van der Waals surface area (Å²) in [5, 5.41) is 1.09. The molecular formula is C25H26Cl3N3O. The van der Waals surface area contributed by atoms with Crippen LogP contribution in [0.15, 0.2) is 66.8 Å². The Morgan fingerprint density at radius 3 is 2.47 bits per heavy atom. The van der Waals surface area contributed by atoms with E-state index in [0.29, 0.717) is 42.6 Å². The lowest BCUT2D eigenvalue weighted by molar-refractivity contribution is -0.134. The molecule has 4 nitrogen and oxygen atoms in total. The van der Waals surface area contributed by atoms with Crippen LogP contribution in [0.25, 0.3) is 5.57 Å². The van der Waals surface area contributed by atoms with Crippen LogP contribution in [0.4, 0.5) is 0 Å². The summed E-state index contributed by atoms with van der Waals surface area (Å²) in [6, 6.07) is 14.9. The number of alkyl halides is 1. The molecule has 0 saturated carbocycles. The van der Waals surface area contributed by atoms with Crippen molar-refractivity contribution in [3.05, 3.63) is 87.9 Å². The van der Waals surface area contributed by atoms with Crippen molar-refractivity contribution in [1.29, 1.82) is 0 Å². The van der Waals surface area contributed by atoms with Crippen molar-refractivity contribution in [2.75, 3.05) is 26.2 Å². The molecule has 1 saturated heterocycles. The predicted octanol–water partition coefficient (Wildman–Crippen LogP) is 4.99. The normalized spacial score (nSPS) is 22.5. The Balaban J connectivity index is 1.35. The molecule has 0 radical (unpaired) electrons. The molecule has 168 valence electrons. The van der Waals surface area contributed by atoms with Gasteiger partial charge in [0.2, 0.25) is 5.91 Å². The average molecular weight is 491 g/mol. The van der Waals surface area contributed by atoms with Gasteiger partial charge in [0, 0.05) is 42.6 Å². The third-order valence-corrected chi connectivity index (χ3v) is 7.21. The van der Waals surface area contributed by atoms with Gasteiger partial charge >= 0.3 is 0 Å². The van der Waals surface area contributed by atoms with E-state index in [4.69, 9.17) is 40.5 Å². The highest BCUT2D eigenvalue weighted by atomic mass is 35.5. The second-order valence-corrected chi connectivity index (χ2v) is 9.77. The second kappa shape index (κ2) is 9.98. The van der Waals surface area contributed by atoms with E-state index < -0.39 is 11.0 Å². The molecule has 1 amide bonds. The summed E-state index contributed by atoms with van der Waals surface area (Å²) < 4.78 is 0. The minimum atomic E-state index is -0.646. The van der Waals surface area contributed by atoms with Crippen molar-refractivity contribution in [2.24, 2.45) is 5.73 Å². The number of benzene rings is 2. The standard InChI is InChI=1S/C25H26Cl3N3O/c26-21-9-8-19(22(27)16-21)15-23(29)24(32)30-11-13-31(14-12-30)25(28)10-4-7-20(17-25)18-5-2-1-3-6-18/h1-10,16,23H,11-15,17,29H2. The number of rotatable bonds is 5. The summed E-state index contributed by atoms with van der Waals surface area (Å²) >= 11 is 19.3. The largest absolute Gasteiger partial charge is 0.339 e. The zero-order valence-electron chi connectivity index (χ0n) is 17.7. The van der Waals surface area contributed by atoms with Crippen LogP contribution in [-0.2, 0) is 11.2 Å². The van der Waals surface area contributed by atoms with Crippen molar-refractivity contribution in [3.63, 3.8) is 0 Å². The molecule has 32 heavy (non-hydrogen) atoms. The maximum absolute atomic E-state index is 12.9. The van der Waals surface area contributed by atoms with Crippen LogP contribution in [0.1, 0.15) is 17.5 Å². The lowest BCUT2D eigenvalue weighted by Crippen LogP contribution is -2.58. The van der Waals surface area contributed by atoms with E-state index in [9.17, 15) is 4.79 Å². The SMILES string of the molecule is NC(Cc1ccc(Cl)cc1Cl)C(=O)N1CCN(C2(Cl)C=CC=C(c3ccccc3)C2)CC1. The van der Waals surface area contributed by atoms with Gasteiger partial charge in [0.1, 0.15) is 5.00 Å². The van der Waals surface area contributed by atoms with Crippen LogP contribution >= 0.6 is 34.8 Å². The molecule has 2 atom stereocenters. The molecule has 1 aliphatic carbocycles. The zero-order chi connectivity index (χ0) is 22.7. The van der Waals surface area contributed by atoms with Gasteiger partial charge in [0.15, 0.2) is 0 Å². The van der Waals surface area contributed by atoms with Crippen LogP contribution in [0.5, 0.6) is 0 Å². The van der Waals surface area contributed by atoms with Crippen molar-refractivity contribution < 1.29 is 4.79 Å². The number of amides is 1. The fourth-order valence-corrected chi connectivity index (χ4v) is 5.18. The maximum Gasteiger partial charge on any atom is 0.239 e. The maximum atomic E-state index is 12.9. The van der Waals surface area contributed by atoms with Gasteiger partial charge in [-0.2, -0.15) is 0 Å². The number of halogens is 3. The molecule has 1 heterocycles. The average Bonchev–Trinajstić information content (AvgIpc) is 2.81. The second-order valence-electron chi connectivity index (χ2n) is 8.27.